The summed E-state index contributed by atoms with van der Waals surface area (Å²) in [4.78, 5) is 2.38. The minimum Gasteiger partial charge on any atom is -0.352 e. The Morgan fingerprint density at radius 2 is 1.08 bits per heavy atom. The Balaban J connectivity index is 0.00000186. The van der Waals surface area contributed by atoms with Crippen LogP contribution in [-0.2, 0) is 5.41 Å². The summed E-state index contributed by atoms with van der Waals surface area (Å²) < 4.78 is 2.25. The van der Waals surface area contributed by atoms with Crippen molar-refractivity contribution in [2.45, 2.75) is 5.41 Å². The molecule has 2 nitrogen and oxygen atoms in total. The van der Waals surface area contributed by atoms with E-state index in [1.165, 1.54) is 44.5 Å². The molecule has 53 heavy (non-hydrogen) atoms. The molecule has 242 valence electrons. The summed E-state index contributed by atoms with van der Waals surface area (Å²) in [6.45, 7) is 0. The van der Waals surface area contributed by atoms with Crippen LogP contribution >= 0.6 is 0 Å². The number of benzene rings is 7. The van der Waals surface area contributed by atoms with Gasteiger partial charge in [-0.25, -0.2) is 12.1 Å². The number of fused-ring (bicyclic) bond motifs is 13. The van der Waals surface area contributed by atoms with Crippen molar-refractivity contribution in [1.29, 1.82) is 0 Å². The SMILES string of the molecule is [Pr].[Pr].c1[c-]cc2c3c[c-]ccc3n(-c3ccc(N(c4ccccc4)c4ccc5c(c4)C4(c6ccccc6-c6ccccc64)c4ccccc4-5)cc3)c2c#1. The zero-order valence-corrected chi connectivity index (χ0v) is 36.1. The van der Waals surface area contributed by atoms with Crippen molar-refractivity contribution in [2.75, 3.05) is 4.90 Å². The number of para-hydroxylation sites is 1. The third-order valence-corrected chi connectivity index (χ3v) is 10.9. The molecule has 0 bridgehead atoms. The van der Waals surface area contributed by atoms with Crippen molar-refractivity contribution in [3.8, 4) is 27.9 Å². The molecule has 9 aromatic rings. The normalized spacial score (nSPS) is 12.6. The molecule has 0 unspecified atom stereocenters. The van der Waals surface area contributed by atoms with Gasteiger partial charge in [0.15, 0.2) is 0 Å². The number of aromatic nitrogens is 1. The molecule has 2 radical (unpaired) electrons. The predicted molar refractivity (Wildman–Crippen MR) is 207 cm³/mol. The average Bonchev–Trinajstić information content (AvgIpc) is 3.81. The van der Waals surface area contributed by atoms with Gasteiger partial charge in [0.2, 0.25) is 0 Å². The molecule has 8 aromatic carbocycles. The number of rotatable bonds is 4. The molecule has 2 aliphatic carbocycles. The van der Waals surface area contributed by atoms with E-state index in [0.29, 0.717) is 0 Å². The fourth-order valence-electron chi connectivity index (χ4n) is 8.94. The van der Waals surface area contributed by atoms with Crippen LogP contribution in [0.1, 0.15) is 22.3 Å². The Kier molecular flexibility index (Phi) is 8.92. The number of hydrogen-bond donors (Lipinski definition) is 0. The molecular weight excluding hydrogens is 898 g/mol. The third-order valence-electron chi connectivity index (χ3n) is 10.9. The van der Waals surface area contributed by atoms with E-state index in [1.54, 1.807) is 0 Å². The number of hydrogen-bond acceptors (Lipinski definition) is 1. The summed E-state index contributed by atoms with van der Waals surface area (Å²) in [5, 5.41) is 2.23. The molecule has 11 rings (SSSR count). The molecule has 1 heterocycles. The van der Waals surface area contributed by atoms with Crippen LogP contribution in [-0.4, -0.2) is 4.57 Å². The van der Waals surface area contributed by atoms with E-state index in [1.807, 2.05) is 18.2 Å². The second-order valence-corrected chi connectivity index (χ2v) is 13.4. The van der Waals surface area contributed by atoms with Crippen LogP contribution in [0, 0.1) is 107 Å². The maximum atomic E-state index is 3.32. The van der Waals surface area contributed by atoms with Crippen molar-refractivity contribution in [1.82, 2.24) is 4.57 Å². The van der Waals surface area contributed by atoms with Gasteiger partial charge in [0.25, 0.3) is 0 Å². The fourth-order valence-corrected chi connectivity index (χ4v) is 8.94. The fraction of sp³-hybridized carbons (Fsp3) is 0.0204. The predicted octanol–water partition coefficient (Wildman–Crippen LogP) is 11.8. The first-order valence-corrected chi connectivity index (χ1v) is 17.4. The van der Waals surface area contributed by atoms with Crippen molar-refractivity contribution >= 4 is 38.9 Å². The Morgan fingerprint density at radius 1 is 0.509 bits per heavy atom. The Hall–Kier alpha value is -4.09. The quantitative estimate of drug-likeness (QED) is 0.160. The molecule has 4 heteroatoms. The van der Waals surface area contributed by atoms with Gasteiger partial charge in [-0.2, -0.15) is 35.0 Å². The second kappa shape index (κ2) is 13.6. The molecule has 0 saturated carbocycles. The molecule has 0 N–H and O–H groups in total. The van der Waals surface area contributed by atoms with E-state index in [4.69, 9.17) is 0 Å². The Bertz CT molecular complexity index is 2700. The van der Waals surface area contributed by atoms with Crippen LogP contribution in [0.25, 0.3) is 49.7 Å². The van der Waals surface area contributed by atoms with Crippen LogP contribution in [0.15, 0.2) is 170 Å². The van der Waals surface area contributed by atoms with Gasteiger partial charge in [-0.15, -0.1) is 12.1 Å². The van der Waals surface area contributed by atoms with E-state index >= 15 is 0 Å². The molecule has 0 amide bonds. The smallest absolute Gasteiger partial charge is 0.0726 e. The molecule has 0 aliphatic heterocycles. The first-order chi connectivity index (χ1) is 25.3. The summed E-state index contributed by atoms with van der Waals surface area (Å²) >= 11 is 0. The van der Waals surface area contributed by atoms with Crippen LogP contribution in [0.2, 0.25) is 0 Å². The van der Waals surface area contributed by atoms with E-state index in [0.717, 1.165) is 44.6 Å². The maximum Gasteiger partial charge on any atom is 0.0726 e. The molecule has 0 atom stereocenters. The zero-order valence-electron chi connectivity index (χ0n) is 28.7. The van der Waals surface area contributed by atoms with Gasteiger partial charge in [-0.05, 0) is 98.6 Å². The molecule has 2 aliphatic rings. The molecule has 1 spiro atoms. The largest absolute Gasteiger partial charge is 0.352 e. The van der Waals surface area contributed by atoms with E-state index in [-0.39, 0.29) is 82.6 Å². The molecule has 0 fully saturated rings. The minimum absolute atomic E-state index is 0. The summed E-state index contributed by atoms with van der Waals surface area (Å²) in [6, 6.07) is 74.4. The van der Waals surface area contributed by atoms with E-state index < -0.39 is 5.41 Å². The van der Waals surface area contributed by atoms with Gasteiger partial charge in [-0.1, -0.05) is 103 Å². The summed E-state index contributed by atoms with van der Waals surface area (Å²) in [5.41, 5.74) is 16.6. The van der Waals surface area contributed by atoms with E-state index in [9.17, 15) is 0 Å². The first kappa shape index (κ1) is 34.7. The van der Waals surface area contributed by atoms with Crippen LogP contribution in [0.4, 0.5) is 17.1 Å². The summed E-state index contributed by atoms with van der Waals surface area (Å²) in [5.74, 6) is 0. The van der Waals surface area contributed by atoms with Crippen molar-refractivity contribution in [3.63, 3.8) is 0 Å². The zero-order chi connectivity index (χ0) is 33.5. The van der Waals surface area contributed by atoms with Gasteiger partial charge >= 0.3 is 0 Å². The average molecular weight is 927 g/mol. The molecule has 0 saturated heterocycles. The van der Waals surface area contributed by atoms with Crippen molar-refractivity contribution < 1.29 is 82.6 Å². The number of nitrogens with zero attached hydrogens (tertiary/aromatic N) is 2. The monoisotopic (exact) mass is 926 g/mol. The standard InChI is InChI=1S/C49H28N2.2Pr/c1-2-14-33(15-3-1)50(34-26-28-35(29-27-34)51-47-24-12-7-19-41(47)42-20-8-13-25-48(42)51)36-30-31-40-39-18-6-11-23-45(39)49(46(40)32-36)43-21-9-4-16-37(43)38-17-5-10-22-44(38)49;;/h1-6,9-12,14-24,26-32H;;/q-2;;. The Morgan fingerprint density at radius 3 is 1.74 bits per heavy atom. The summed E-state index contributed by atoms with van der Waals surface area (Å²) in [6.07, 6.45) is 0. The topological polar surface area (TPSA) is 8.17 Å². The van der Waals surface area contributed by atoms with E-state index in [2.05, 4.69) is 185 Å². The minimum atomic E-state index is -0.403. The molecule has 1 aromatic heterocycles. The maximum absolute atomic E-state index is 3.32. The van der Waals surface area contributed by atoms with Crippen molar-refractivity contribution in [2.24, 2.45) is 0 Å². The van der Waals surface area contributed by atoms with Gasteiger partial charge in [-0.3, -0.25) is 0 Å². The Labute approximate surface area is 376 Å². The second-order valence-electron chi connectivity index (χ2n) is 13.4. The first-order valence-electron chi connectivity index (χ1n) is 17.4. The van der Waals surface area contributed by atoms with Crippen LogP contribution in [0.5, 0.6) is 0 Å². The van der Waals surface area contributed by atoms with Crippen LogP contribution in [0.3, 0.4) is 0 Å². The van der Waals surface area contributed by atoms with Crippen LogP contribution < -0.4 is 4.90 Å². The summed E-state index contributed by atoms with van der Waals surface area (Å²) in [7, 11) is 0. The van der Waals surface area contributed by atoms with Gasteiger partial charge in [0.05, 0.1) is 5.41 Å². The molecular formula is C49H28N2Pr2-2. The third kappa shape index (κ3) is 5.01. The van der Waals surface area contributed by atoms with Gasteiger partial charge < -0.3 is 9.47 Å². The number of anilines is 3. The van der Waals surface area contributed by atoms with Gasteiger partial charge in [0.1, 0.15) is 0 Å². The van der Waals surface area contributed by atoms with Crippen molar-refractivity contribution in [3.05, 3.63) is 216 Å². The van der Waals surface area contributed by atoms with Gasteiger partial charge in [0, 0.05) is 105 Å².